The van der Waals surface area contributed by atoms with E-state index >= 15 is 0 Å². The van der Waals surface area contributed by atoms with Gasteiger partial charge >= 0.3 is 0 Å². The number of methoxy groups -OCH3 is 1. The van der Waals surface area contributed by atoms with Gasteiger partial charge in [0.15, 0.2) is 0 Å². The molecule has 0 aromatic heterocycles. The van der Waals surface area contributed by atoms with E-state index in [4.69, 9.17) is 27.9 Å². The van der Waals surface area contributed by atoms with Gasteiger partial charge in [0, 0.05) is 29.6 Å². The second kappa shape index (κ2) is 8.05. The summed E-state index contributed by atoms with van der Waals surface area (Å²) in [5, 5.41) is 3.40. The summed E-state index contributed by atoms with van der Waals surface area (Å²) in [4.78, 5) is 11.2. The van der Waals surface area contributed by atoms with E-state index < -0.39 is 10.0 Å². The van der Waals surface area contributed by atoms with Crippen molar-refractivity contribution in [2.45, 2.75) is 18.4 Å². The Kier molecular flexibility index (Phi) is 6.29. The zero-order valence-electron chi connectivity index (χ0n) is 13.5. The quantitative estimate of drug-likeness (QED) is 0.774. The van der Waals surface area contributed by atoms with Crippen molar-refractivity contribution in [1.82, 2.24) is 4.72 Å². The van der Waals surface area contributed by atoms with Crippen LogP contribution in [0.4, 0.5) is 5.69 Å². The third-order valence-corrected chi connectivity index (χ3v) is 5.25. The van der Waals surface area contributed by atoms with Crippen molar-refractivity contribution >= 4 is 44.8 Å². The van der Waals surface area contributed by atoms with Gasteiger partial charge < -0.3 is 10.1 Å². The summed E-state index contributed by atoms with van der Waals surface area (Å²) in [5.74, 6) is -0.0491. The van der Waals surface area contributed by atoms with Crippen LogP contribution in [0.1, 0.15) is 12.5 Å². The highest BCUT2D eigenvalue weighted by Gasteiger charge is 2.17. The summed E-state index contributed by atoms with van der Waals surface area (Å²) in [7, 11) is -2.41. The van der Waals surface area contributed by atoms with Gasteiger partial charge in [-0.15, -0.1) is 0 Å². The molecule has 0 bridgehead atoms. The average molecular weight is 403 g/mol. The molecule has 2 rings (SSSR count). The second-order valence-corrected chi connectivity index (χ2v) is 7.71. The molecule has 134 valence electrons. The number of rotatable bonds is 6. The van der Waals surface area contributed by atoms with Gasteiger partial charge in [-0.2, -0.15) is 0 Å². The van der Waals surface area contributed by atoms with Gasteiger partial charge in [-0.1, -0.05) is 29.3 Å². The summed E-state index contributed by atoms with van der Waals surface area (Å²) in [6, 6.07) is 8.98. The van der Waals surface area contributed by atoms with Gasteiger partial charge in [-0.25, -0.2) is 13.1 Å². The third-order valence-electron chi connectivity index (χ3n) is 3.26. The molecule has 0 fully saturated rings. The lowest BCUT2D eigenvalue weighted by Gasteiger charge is -2.12. The van der Waals surface area contributed by atoms with Crippen molar-refractivity contribution in [3.63, 3.8) is 0 Å². The number of carbonyl (C=O) groups is 1. The predicted molar refractivity (Wildman–Crippen MR) is 97.8 cm³/mol. The zero-order valence-corrected chi connectivity index (χ0v) is 15.8. The van der Waals surface area contributed by atoms with E-state index in [-0.39, 0.29) is 23.1 Å². The van der Waals surface area contributed by atoms with E-state index in [0.717, 1.165) is 0 Å². The Morgan fingerprint density at radius 2 is 1.88 bits per heavy atom. The van der Waals surface area contributed by atoms with Crippen molar-refractivity contribution in [1.29, 1.82) is 0 Å². The SMILES string of the molecule is COc1cc(S(=O)(=O)NCc2ccc(Cl)cc2Cl)ccc1NC(C)=O. The average Bonchev–Trinajstić information content (AvgIpc) is 2.53. The summed E-state index contributed by atoms with van der Waals surface area (Å²) in [6.45, 7) is 1.36. The Morgan fingerprint density at radius 1 is 1.16 bits per heavy atom. The number of hydrogen-bond donors (Lipinski definition) is 2. The predicted octanol–water partition coefficient (Wildman–Crippen LogP) is 3.44. The van der Waals surface area contributed by atoms with Gasteiger partial charge in [-0.05, 0) is 29.8 Å². The lowest BCUT2D eigenvalue weighted by Crippen LogP contribution is -2.23. The van der Waals surface area contributed by atoms with E-state index in [1.54, 1.807) is 12.1 Å². The smallest absolute Gasteiger partial charge is 0.241 e. The van der Waals surface area contributed by atoms with Gasteiger partial charge in [0.2, 0.25) is 15.9 Å². The first kappa shape index (κ1) is 19.5. The van der Waals surface area contributed by atoms with E-state index in [1.807, 2.05) is 0 Å². The first-order chi connectivity index (χ1) is 11.7. The van der Waals surface area contributed by atoms with Crippen LogP contribution in [0.5, 0.6) is 5.75 Å². The van der Waals surface area contributed by atoms with E-state index in [1.165, 1.54) is 38.3 Å². The van der Waals surface area contributed by atoms with Crippen molar-refractivity contribution < 1.29 is 17.9 Å². The highest BCUT2D eigenvalue weighted by Crippen LogP contribution is 2.28. The summed E-state index contributed by atoms with van der Waals surface area (Å²) in [6.07, 6.45) is 0. The van der Waals surface area contributed by atoms with Gasteiger partial charge in [0.25, 0.3) is 0 Å². The summed E-state index contributed by atoms with van der Waals surface area (Å²) in [5.41, 5.74) is 0.978. The molecule has 0 aliphatic heterocycles. The molecule has 9 heteroatoms. The van der Waals surface area contributed by atoms with Crippen LogP contribution >= 0.6 is 23.2 Å². The van der Waals surface area contributed by atoms with E-state index in [9.17, 15) is 13.2 Å². The summed E-state index contributed by atoms with van der Waals surface area (Å²) < 4.78 is 32.5. The summed E-state index contributed by atoms with van der Waals surface area (Å²) >= 11 is 11.9. The van der Waals surface area contributed by atoms with Crippen molar-refractivity contribution in [3.8, 4) is 5.75 Å². The number of hydrogen-bond acceptors (Lipinski definition) is 4. The monoisotopic (exact) mass is 402 g/mol. The van der Waals surface area contributed by atoms with Crippen LogP contribution in [-0.2, 0) is 21.4 Å². The van der Waals surface area contributed by atoms with Crippen LogP contribution in [0.2, 0.25) is 10.0 Å². The molecule has 6 nitrogen and oxygen atoms in total. The molecule has 0 heterocycles. The molecule has 1 amide bonds. The molecule has 0 atom stereocenters. The topological polar surface area (TPSA) is 84.5 Å². The van der Waals surface area contributed by atoms with Crippen LogP contribution in [0.25, 0.3) is 0 Å². The molecule has 0 radical (unpaired) electrons. The van der Waals surface area contributed by atoms with Gasteiger partial charge in [0.05, 0.1) is 17.7 Å². The van der Waals surface area contributed by atoms with Crippen LogP contribution in [0.15, 0.2) is 41.3 Å². The Balaban J connectivity index is 2.22. The second-order valence-electron chi connectivity index (χ2n) is 5.10. The van der Waals surface area contributed by atoms with E-state index in [2.05, 4.69) is 10.0 Å². The molecule has 0 unspecified atom stereocenters. The first-order valence-electron chi connectivity index (χ1n) is 7.12. The Morgan fingerprint density at radius 3 is 2.48 bits per heavy atom. The minimum Gasteiger partial charge on any atom is -0.495 e. The maximum absolute atomic E-state index is 12.5. The maximum atomic E-state index is 12.5. The van der Waals surface area contributed by atoms with Gasteiger partial charge in [0.1, 0.15) is 5.75 Å². The van der Waals surface area contributed by atoms with Crippen LogP contribution in [-0.4, -0.2) is 21.4 Å². The zero-order chi connectivity index (χ0) is 18.6. The minimum absolute atomic E-state index is 0.00328. The van der Waals surface area contributed by atoms with Crippen molar-refractivity contribution in [2.75, 3.05) is 12.4 Å². The van der Waals surface area contributed by atoms with Crippen LogP contribution in [0, 0.1) is 0 Å². The van der Waals surface area contributed by atoms with Crippen molar-refractivity contribution in [2.24, 2.45) is 0 Å². The van der Waals surface area contributed by atoms with Crippen LogP contribution in [0.3, 0.4) is 0 Å². The normalized spacial score (nSPS) is 11.2. The Hall–Kier alpha value is -1.80. The van der Waals surface area contributed by atoms with Crippen LogP contribution < -0.4 is 14.8 Å². The maximum Gasteiger partial charge on any atom is 0.241 e. The highest BCUT2D eigenvalue weighted by molar-refractivity contribution is 7.89. The largest absolute Gasteiger partial charge is 0.495 e. The number of sulfonamides is 1. The fraction of sp³-hybridized carbons (Fsp3) is 0.188. The molecule has 2 aromatic carbocycles. The molecule has 0 aliphatic rings. The molecule has 0 saturated carbocycles. The lowest BCUT2D eigenvalue weighted by molar-refractivity contribution is -0.114. The number of anilines is 1. The molecule has 2 aromatic rings. The molecule has 2 N–H and O–H groups in total. The number of carbonyl (C=O) groups excluding carboxylic acids is 1. The molecular weight excluding hydrogens is 387 g/mol. The molecule has 0 saturated heterocycles. The first-order valence-corrected chi connectivity index (χ1v) is 9.36. The number of nitrogens with one attached hydrogen (secondary N) is 2. The molecule has 25 heavy (non-hydrogen) atoms. The lowest BCUT2D eigenvalue weighted by atomic mass is 10.2. The third kappa shape index (κ3) is 5.09. The molecular formula is C16H16Cl2N2O4S. The fourth-order valence-electron chi connectivity index (χ4n) is 2.05. The van der Waals surface area contributed by atoms with Crippen molar-refractivity contribution in [3.05, 3.63) is 52.0 Å². The Labute approximate surface area is 156 Å². The van der Waals surface area contributed by atoms with Gasteiger partial charge in [-0.3, -0.25) is 4.79 Å². The minimum atomic E-state index is -3.80. The fourth-order valence-corrected chi connectivity index (χ4v) is 3.55. The number of benzene rings is 2. The molecule has 0 aliphatic carbocycles. The standard InChI is InChI=1S/C16H16Cl2N2O4S/c1-10(21)20-15-6-5-13(8-16(15)24-2)25(22,23)19-9-11-3-4-12(17)7-14(11)18/h3-8,19H,9H2,1-2H3,(H,20,21). The molecule has 0 spiro atoms. The Bertz CT molecular complexity index is 901. The highest BCUT2D eigenvalue weighted by atomic mass is 35.5. The van der Waals surface area contributed by atoms with E-state index in [0.29, 0.717) is 21.3 Å². The number of ether oxygens (including phenoxy) is 1. The number of halogens is 2. The number of amides is 1.